The number of amides is 2. The summed E-state index contributed by atoms with van der Waals surface area (Å²) in [7, 11) is 0. The van der Waals surface area contributed by atoms with Crippen molar-refractivity contribution < 1.29 is 4.79 Å². The van der Waals surface area contributed by atoms with Crippen molar-refractivity contribution in [3.8, 4) is 0 Å². The third kappa shape index (κ3) is 5.53. The fraction of sp³-hybridized carbons (Fsp3) is 0.562. The van der Waals surface area contributed by atoms with Crippen molar-refractivity contribution in [3.05, 3.63) is 34.3 Å². The van der Waals surface area contributed by atoms with Gasteiger partial charge in [0, 0.05) is 17.6 Å². The van der Waals surface area contributed by atoms with E-state index in [0.29, 0.717) is 12.5 Å². The maximum absolute atomic E-state index is 11.7. The number of urea groups is 1. The Morgan fingerprint density at radius 3 is 2.50 bits per heavy atom. The van der Waals surface area contributed by atoms with Crippen molar-refractivity contribution in [1.29, 1.82) is 0 Å². The van der Waals surface area contributed by atoms with Crippen molar-refractivity contribution in [2.75, 3.05) is 13.1 Å². The molecule has 1 aliphatic carbocycles. The lowest BCUT2D eigenvalue weighted by Crippen LogP contribution is -2.39. The maximum Gasteiger partial charge on any atom is 0.314 e. The van der Waals surface area contributed by atoms with Gasteiger partial charge in [-0.25, -0.2) is 4.79 Å². The Kier molecular flexibility index (Phi) is 6.37. The summed E-state index contributed by atoms with van der Waals surface area (Å²) < 4.78 is 1.08. The zero-order valence-corrected chi connectivity index (χ0v) is 13.4. The first-order valence-electron chi connectivity index (χ1n) is 7.50. The molecule has 2 amide bonds. The van der Waals surface area contributed by atoms with Crippen LogP contribution in [0.25, 0.3) is 0 Å². The highest BCUT2D eigenvalue weighted by Crippen LogP contribution is 2.22. The van der Waals surface area contributed by atoms with Gasteiger partial charge >= 0.3 is 6.03 Å². The van der Waals surface area contributed by atoms with Gasteiger partial charge in [-0.1, -0.05) is 47.3 Å². The first-order chi connectivity index (χ1) is 9.74. The first-order valence-corrected chi connectivity index (χ1v) is 8.29. The minimum absolute atomic E-state index is 0.0346. The van der Waals surface area contributed by atoms with E-state index < -0.39 is 0 Å². The number of carbonyl (C=O) groups is 1. The fourth-order valence-electron chi connectivity index (χ4n) is 2.66. The monoisotopic (exact) mass is 338 g/mol. The lowest BCUT2D eigenvalue weighted by atomic mass is 9.89. The largest absolute Gasteiger partial charge is 0.338 e. The molecule has 1 fully saturated rings. The number of hydrogen-bond donors (Lipinski definition) is 2. The molecule has 2 N–H and O–H groups in total. The van der Waals surface area contributed by atoms with Crippen molar-refractivity contribution in [2.24, 2.45) is 5.92 Å². The summed E-state index contributed by atoms with van der Waals surface area (Å²) in [6.07, 6.45) is 7.38. The highest BCUT2D eigenvalue weighted by Gasteiger charge is 2.13. The van der Waals surface area contributed by atoms with Crippen LogP contribution in [0.15, 0.2) is 28.7 Å². The SMILES string of the molecule is O=C(NCCc1ccc(Br)cc1)NCC1CCCCC1. The summed E-state index contributed by atoms with van der Waals surface area (Å²) >= 11 is 3.42. The van der Waals surface area contributed by atoms with Gasteiger partial charge < -0.3 is 10.6 Å². The molecule has 20 heavy (non-hydrogen) atoms. The van der Waals surface area contributed by atoms with Gasteiger partial charge in [0.2, 0.25) is 0 Å². The normalized spacial score (nSPS) is 15.8. The Bertz CT molecular complexity index is 413. The molecule has 1 aliphatic rings. The molecule has 0 bridgehead atoms. The van der Waals surface area contributed by atoms with Crippen LogP contribution in [0.4, 0.5) is 4.79 Å². The molecule has 0 spiro atoms. The predicted octanol–water partition coefficient (Wildman–Crippen LogP) is 3.87. The van der Waals surface area contributed by atoms with E-state index in [1.165, 1.54) is 37.7 Å². The number of nitrogens with one attached hydrogen (secondary N) is 2. The second kappa shape index (κ2) is 8.30. The Labute approximate surface area is 129 Å². The van der Waals surface area contributed by atoms with Crippen LogP contribution in [0.2, 0.25) is 0 Å². The average molecular weight is 339 g/mol. The molecule has 0 aliphatic heterocycles. The van der Waals surface area contributed by atoms with E-state index in [9.17, 15) is 4.79 Å². The quantitative estimate of drug-likeness (QED) is 0.840. The minimum atomic E-state index is -0.0346. The second-order valence-corrected chi connectivity index (χ2v) is 6.43. The molecule has 1 aromatic rings. The van der Waals surface area contributed by atoms with E-state index in [4.69, 9.17) is 0 Å². The van der Waals surface area contributed by atoms with Gasteiger partial charge in [-0.05, 0) is 42.9 Å². The maximum atomic E-state index is 11.7. The second-order valence-electron chi connectivity index (χ2n) is 5.52. The number of hydrogen-bond acceptors (Lipinski definition) is 1. The standard InChI is InChI=1S/C16H23BrN2O/c17-15-8-6-13(7-9-15)10-11-18-16(20)19-12-14-4-2-1-3-5-14/h6-9,14H,1-5,10-12H2,(H2,18,19,20). The van der Waals surface area contributed by atoms with Crippen LogP contribution < -0.4 is 10.6 Å². The van der Waals surface area contributed by atoms with Gasteiger partial charge in [0.1, 0.15) is 0 Å². The molecule has 1 aromatic carbocycles. The van der Waals surface area contributed by atoms with E-state index in [1.807, 2.05) is 12.1 Å². The zero-order chi connectivity index (χ0) is 14.2. The molecule has 0 saturated heterocycles. The Morgan fingerprint density at radius 2 is 1.80 bits per heavy atom. The van der Waals surface area contributed by atoms with Crippen LogP contribution in [-0.4, -0.2) is 19.1 Å². The summed E-state index contributed by atoms with van der Waals surface area (Å²) in [5.41, 5.74) is 1.24. The van der Waals surface area contributed by atoms with Gasteiger partial charge in [0.15, 0.2) is 0 Å². The Morgan fingerprint density at radius 1 is 1.10 bits per heavy atom. The lowest BCUT2D eigenvalue weighted by Gasteiger charge is -2.21. The molecule has 0 atom stereocenters. The smallest absolute Gasteiger partial charge is 0.314 e. The molecular weight excluding hydrogens is 316 g/mol. The van der Waals surface area contributed by atoms with Crippen molar-refractivity contribution >= 4 is 22.0 Å². The van der Waals surface area contributed by atoms with Gasteiger partial charge in [-0.15, -0.1) is 0 Å². The van der Waals surface area contributed by atoms with Crippen LogP contribution in [0.3, 0.4) is 0 Å². The highest BCUT2D eigenvalue weighted by atomic mass is 79.9. The summed E-state index contributed by atoms with van der Waals surface area (Å²) in [6, 6.07) is 8.17. The number of halogens is 1. The van der Waals surface area contributed by atoms with Crippen molar-refractivity contribution in [3.63, 3.8) is 0 Å². The molecule has 4 heteroatoms. The van der Waals surface area contributed by atoms with E-state index in [-0.39, 0.29) is 6.03 Å². The third-order valence-corrected chi connectivity index (χ3v) is 4.42. The van der Waals surface area contributed by atoms with Crippen LogP contribution in [0, 0.1) is 5.92 Å². The van der Waals surface area contributed by atoms with Crippen molar-refractivity contribution in [1.82, 2.24) is 10.6 Å². The zero-order valence-electron chi connectivity index (χ0n) is 11.8. The molecule has 0 aromatic heterocycles. The van der Waals surface area contributed by atoms with Crippen LogP contribution in [-0.2, 0) is 6.42 Å². The molecule has 2 rings (SSSR count). The molecule has 1 saturated carbocycles. The number of rotatable bonds is 5. The molecular formula is C16H23BrN2O. The minimum Gasteiger partial charge on any atom is -0.338 e. The van der Waals surface area contributed by atoms with E-state index in [2.05, 4.69) is 38.7 Å². The average Bonchev–Trinajstić information content (AvgIpc) is 2.48. The van der Waals surface area contributed by atoms with Crippen LogP contribution in [0.1, 0.15) is 37.7 Å². The Balaban J connectivity index is 1.58. The molecule has 0 radical (unpaired) electrons. The fourth-order valence-corrected chi connectivity index (χ4v) is 2.93. The Hall–Kier alpha value is -1.03. The lowest BCUT2D eigenvalue weighted by molar-refractivity contribution is 0.236. The molecule has 0 heterocycles. The van der Waals surface area contributed by atoms with E-state index in [0.717, 1.165) is 17.4 Å². The summed E-state index contributed by atoms with van der Waals surface area (Å²) in [6.45, 7) is 1.50. The van der Waals surface area contributed by atoms with Gasteiger partial charge in [-0.3, -0.25) is 0 Å². The van der Waals surface area contributed by atoms with E-state index in [1.54, 1.807) is 0 Å². The predicted molar refractivity (Wildman–Crippen MR) is 85.8 cm³/mol. The van der Waals surface area contributed by atoms with Crippen molar-refractivity contribution in [2.45, 2.75) is 38.5 Å². The van der Waals surface area contributed by atoms with E-state index >= 15 is 0 Å². The molecule has 110 valence electrons. The molecule has 0 unspecified atom stereocenters. The number of carbonyl (C=O) groups excluding carboxylic acids is 1. The van der Waals surface area contributed by atoms with Crippen LogP contribution >= 0.6 is 15.9 Å². The van der Waals surface area contributed by atoms with Gasteiger partial charge in [0.05, 0.1) is 0 Å². The van der Waals surface area contributed by atoms with Crippen LogP contribution in [0.5, 0.6) is 0 Å². The number of benzene rings is 1. The third-order valence-electron chi connectivity index (χ3n) is 3.89. The summed E-state index contributed by atoms with van der Waals surface area (Å²) in [5, 5.41) is 5.91. The molecule has 3 nitrogen and oxygen atoms in total. The first kappa shape index (κ1) is 15.4. The topological polar surface area (TPSA) is 41.1 Å². The van der Waals surface area contributed by atoms with Gasteiger partial charge in [-0.2, -0.15) is 0 Å². The summed E-state index contributed by atoms with van der Waals surface area (Å²) in [5.74, 6) is 0.681. The van der Waals surface area contributed by atoms with Gasteiger partial charge in [0.25, 0.3) is 0 Å². The highest BCUT2D eigenvalue weighted by molar-refractivity contribution is 9.10. The summed E-state index contributed by atoms with van der Waals surface area (Å²) in [4.78, 5) is 11.7.